The van der Waals surface area contributed by atoms with Gasteiger partial charge in [-0.15, -0.1) is 0 Å². The summed E-state index contributed by atoms with van der Waals surface area (Å²) in [6.07, 6.45) is -0.00494. The van der Waals surface area contributed by atoms with Gasteiger partial charge in [0.05, 0.1) is 0 Å². The van der Waals surface area contributed by atoms with Crippen LogP contribution in [-0.4, -0.2) is 25.5 Å². The molecule has 0 spiro atoms. The zero-order valence-corrected chi connectivity index (χ0v) is 12.0. The number of para-hydroxylation sites is 1. The van der Waals surface area contributed by atoms with Gasteiger partial charge in [-0.1, -0.05) is 41.9 Å². The molecule has 0 fully saturated rings. The Kier molecular flexibility index (Phi) is 4.83. The molecule has 0 radical (unpaired) electrons. The minimum absolute atomic E-state index is 0.00494. The fourth-order valence-electron chi connectivity index (χ4n) is 1.88. The Labute approximate surface area is 119 Å². The van der Waals surface area contributed by atoms with Crippen LogP contribution in [0.2, 0.25) is 5.02 Å². The molecule has 1 atom stereocenters. The lowest BCUT2D eigenvalue weighted by Gasteiger charge is -2.23. The third kappa shape index (κ3) is 4.27. The first-order valence-corrected chi connectivity index (χ1v) is 6.65. The third-order valence-electron chi connectivity index (χ3n) is 2.79. The van der Waals surface area contributed by atoms with Crippen LogP contribution in [0.5, 0.6) is 5.75 Å². The van der Waals surface area contributed by atoms with Gasteiger partial charge in [0, 0.05) is 11.6 Å². The zero-order valence-electron chi connectivity index (χ0n) is 11.2. The molecule has 0 saturated carbocycles. The van der Waals surface area contributed by atoms with E-state index in [-0.39, 0.29) is 6.10 Å². The average molecular weight is 276 g/mol. The number of rotatable bonds is 5. The average Bonchev–Trinajstić information content (AvgIpc) is 2.39. The fraction of sp³-hybridized carbons (Fsp3) is 0.250. The van der Waals surface area contributed by atoms with E-state index in [0.717, 1.165) is 22.9 Å². The van der Waals surface area contributed by atoms with Gasteiger partial charge in [0.25, 0.3) is 0 Å². The second kappa shape index (κ2) is 6.60. The van der Waals surface area contributed by atoms with Crippen LogP contribution in [0.15, 0.2) is 54.6 Å². The number of halogens is 1. The molecule has 0 aromatic heterocycles. The van der Waals surface area contributed by atoms with E-state index >= 15 is 0 Å². The molecule has 0 aliphatic carbocycles. The van der Waals surface area contributed by atoms with Gasteiger partial charge < -0.3 is 9.64 Å². The summed E-state index contributed by atoms with van der Waals surface area (Å²) >= 11 is 5.93. The summed E-state index contributed by atoms with van der Waals surface area (Å²) in [4.78, 5) is 2.11. The van der Waals surface area contributed by atoms with Crippen molar-refractivity contribution in [2.75, 3.05) is 20.6 Å². The second-order valence-corrected chi connectivity index (χ2v) is 5.17. The number of ether oxygens (including phenoxy) is 1. The van der Waals surface area contributed by atoms with E-state index in [2.05, 4.69) is 4.90 Å². The summed E-state index contributed by atoms with van der Waals surface area (Å²) in [5.41, 5.74) is 1.13. The first-order valence-electron chi connectivity index (χ1n) is 6.27. The van der Waals surface area contributed by atoms with Crippen LogP contribution < -0.4 is 4.74 Å². The lowest BCUT2D eigenvalue weighted by atomic mass is 10.1. The molecule has 2 nitrogen and oxygen atoms in total. The molecule has 0 bridgehead atoms. The van der Waals surface area contributed by atoms with Crippen molar-refractivity contribution in [2.45, 2.75) is 6.10 Å². The Morgan fingerprint density at radius 3 is 2.21 bits per heavy atom. The minimum atomic E-state index is -0.00494. The van der Waals surface area contributed by atoms with Crippen LogP contribution in [0.3, 0.4) is 0 Å². The number of benzene rings is 2. The van der Waals surface area contributed by atoms with Crippen LogP contribution in [0.25, 0.3) is 0 Å². The van der Waals surface area contributed by atoms with Crippen molar-refractivity contribution in [3.8, 4) is 5.75 Å². The van der Waals surface area contributed by atoms with Gasteiger partial charge in [0.1, 0.15) is 11.9 Å². The van der Waals surface area contributed by atoms with Gasteiger partial charge in [-0.2, -0.15) is 0 Å². The molecular weight excluding hydrogens is 258 g/mol. The van der Waals surface area contributed by atoms with Gasteiger partial charge in [-0.25, -0.2) is 0 Å². The Hall–Kier alpha value is -1.51. The lowest BCUT2D eigenvalue weighted by molar-refractivity contribution is 0.162. The van der Waals surface area contributed by atoms with Crippen molar-refractivity contribution in [1.82, 2.24) is 4.90 Å². The molecule has 0 saturated heterocycles. The third-order valence-corrected chi connectivity index (χ3v) is 3.05. The van der Waals surface area contributed by atoms with E-state index in [1.165, 1.54) is 0 Å². The van der Waals surface area contributed by atoms with Gasteiger partial charge in [0.2, 0.25) is 0 Å². The summed E-state index contributed by atoms with van der Waals surface area (Å²) in [6, 6.07) is 17.7. The fourth-order valence-corrected chi connectivity index (χ4v) is 2.01. The first kappa shape index (κ1) is 13.9. The van der Waals surface area contributed by atoms with E-state index < -0.39 is 0 Å². The standard InChI is InChI=1S/C16H18ClNO/c1-18(2)12-16(13-8-10-14(17)11-9-13)19-15-6-4-3-5-7-15/h3-11,16H,12H2,1-2H3/t16-/m0/s1. The van der Waals surface area contributed by atoms with Crippen LogP contribution >= 0.6 is 11.6 Å². The Morgan fingerprint density at radius 2 is 1.63 bits per heavy atom. The summed E-state index contributed by atoms with van der Waals surface area (Å²) in [7, 11) is 4.08. The van der Waals surface area contributed by atoms with E-state index in [1.807, 2.05) is 68.7 Å². The highest BCUT2D eigenvalue weighted by atomic mass is 35.5. The molecule has 100 valence electrons. The highest BCUT2D eigenvalue weighted by Gasteiger charge is 2.14. The van der Waals surface area contributed by atoms with Crippen molar-refractivity contribution >= 4 is 11.6 Å². The number of nitrogens with zero attached hydrogens (tertiary/aromatic N) is 1. The first-order chi connectivity index (χ1) is 9.15. The maximum atomic E-state index is 6.07. The number of likely N-dealkylation sites (N-methyl/N-ethyl adjacent to an activating group) is 1. The SMILES string of the molecule is CN(C)C[C@H](Oc1ccccc1)c1ccc(Cl)cc1. The van der Waals surface area contributed by atoms with Crippen molar-refractivity contribution in [1.29, 1.82) is 0 Å². The summed E-state index contributed by atoms with van der Waals surface area (Å²) < 4.78 is 6.07. The highest BCUT2D eigenvalue weighted by molar-refractivity contribution is 6.30. The van der Waals surface area contributed by atoms with Crippen molar-refractivity contribution < 1.29 is 4.74 Å². The molecule has 19 heavy (non-hydrogen) atoms. The summed E-state index contributed by atoms with van der Waals surface area (Å²) in [5.74, 6) is 0.879. The molecule has 3 heteroatoms. The van der Waals surface area contributed by atoms with E-state index in [9.17, 15) is 0 Å². The second-order valence-electron chi connectivity index (χ2n) is 4.73. The summed E-state index contributed by atoms with van der Waals surface area (Å²) in [5, 5.41) is 0.743. The molecule has 0 N–H and O–H groups in total. The van der Waals surface area contributed by atoms with Crippen LogP contribution in [0, 0.1) is 0 Å². The molecule has 2 aromatic carbocycles. The smallest absolute Gasteiger partial charge is 0.136 e. The molecule has 2 aromatic rings. The van der Waals surface area contributed by atoms with Gasteiger partial charge in [-0.05, 0) is 43.9 Å². The molecule has 0 amide bonds. The van der Waals surface area contributed by atoms with Crippen LogP contribution in [-0.2, 0) is 0 Å². The summed E-state index contributed by atoms with van der Waals surface area (Å²) in [6.45, 7) is 0.816. The van der Waals surface area contributed by atoms with E-state index in [0.29, 0.717) is 0 Å². The van der Waals surface area contributed by atoms with E-state index in [4.69, 9.17) is 16.3 Å². The van der Waals surface area contributed by atoms with Crippen LogP contribution in [0.4, 0.5) is 0 Å². The highest BCUT2D eigenvalue weighted by Crippen LogP contribution is 2.23. The molecule has 0 aliphatic rings. The normalized spacial score (nSPS) is 12.4. The van der Waals surface area contributed by atoms with Crippen LogP contribution in [0.1, 0.15) is 11.7 Å². The molecule has 0 heterocycles. The Bertz CT molecular complexity index is 496. The largest absolute Gasteiger partial charge is 0.484 e. The molecule has 2 rings (SSSR count). The number of hydrogen-bond acceptors (Lipinski definition) is 2. The monoisotopic (exact) mass is 275 g/mol. The van der Waals surface area contributed by atoms with Gasteiger partial charge >= 0.3 is 0 Å². The maximum Gasteiger partial charge on any atom is 0.136 e. The predicted octanol–water partition coefficient (Wildman–Crippen LogP) is 4.02. The van der Waals surface area contributed by atoms with E-state index in [1.54, 1.807) is 0 Å². The topological polar surface area (TPSA) is 12.5 Å². The lowest BCUT2D eigenvalue weighted by Crippen LogP contribution is -2.24. The van der Waals surface area contributed by atoms with Crippen molar-refractivity contribution in [2.24, 2.45) is 0 Å². The minimum Gasteiger partial charge on any atom is -0.484 e. The predicted molar refractivity (Wildman–Crippen MR) is 79.8 cm³/mol. The Balaban J connectivity index is 2.18. The van der Waals surface area contributed by atoms with Crippen molar-refractivity contribution in [3.63, 3.8) is 0 Å². The molecule has 0 unspecified atom stereocenters. The zero-order chi connectivity index (χ0) is 13.7. The molecular formula is C16H18ClNO. The van der Waals surface area contributed by atoms with Gasteiger partial charge in [0.15, 0.2) is 0 Å². The molecule has 0 aliphatic heterocycles. The number of hydrogen-bond donors (Lipinski definition) is 0. The maximum absolute atomic E-state index is 6.07. The van der Waals surface area contributed by atoms with Gasteiger partial charge in [-0.3, -0.25) is 0 Å². The Morgan fingerprint density at radius 1 is 1.00 bits per heavy atom. The van der Waals surface area contributed by atoms with Crippen molar-refractivity contribution in [3.05, 3.63) is 65.2 Å². The quantitative estimate of drug-likeness (QED) is 0.817.